The summed E-state index contributed by atoms with van der Waals surface area (Å²) in [4.78, 5) is 33.7. The van der Waals surface area contributed by atoms with Gasteiger partial charge in [-0.1, -0.05) is 27.6 Å². The van der Waals surface area contributed by atoms with E-state index in [-0.39, 0.29) is 4.57 Å². The lowest BCUT2D eigenvalue weighted by atomic mass is 9.59. The Labute approximate surface area is 200 Å². The van der Waals surface area contributed by atoms with Gasteiger partial charge in [-0.2, -0.15) is 0 Å². The summed E-state index contributed by atoms with van der Waals surface area (Å²) in [5, 5.41) is 0. The Kier molecular flexibility index (Phi) is 1.50. The molecule has 2 aromatic heterocycles. The number of hydrogen-bond acceptors (Lipinski definition) is 3. The van der Waals surface area contributed by atoms with Crippen molar-refractivity contribution in [3.63, 3.8) is 0 Å². The van der Waals surface area contributed by atoms with Gasteiger partial charge in [0.15, 0.2) is 5.65 Å². The van der Waals surface area contributed by atoms with Crippen molar-refractivity contribution in [1.82, 2.24) is 19.1 Å². The average molecular weight is 411 g/mol. The Bertz CT molecular complexity index is 1880. The molecule has 4 rings (SSSR count). The number of aryl methyl sites for hydroxylation is 1. The number of hydrogen-bond donors (Lipinski definition) is 1. The van der Waals surface area contributed by atoms with Crippen LogP contribution in [-0.4, -0.2) is 19.1 Å². The molecule has 2 aliphatic rings. The Morgan fingerprint density at radius 3 is 2.68 bits per heavy atom. The number of aromatic amines is 1. The van der Waals surface area contributed by atoms with Gasteiger partial charge in [-0.3, -0.25) is 13.9 Å². The molecule has 0 radical (unpaired) electrons. The molecule has 154 valence electrons. The van der Waals surface area contributed by atoms with E-state index in [1.807, 2.05) is 0 Å². The van der Waals surface area contributed by atoms with E-state index in [9.17, 15) is 12.3 Å². The highest BCUT2D eigenvalue weighted by Gasteiger charge is 2.43. The van der Waals surface area contributed by atoms with Crippen molar-refractivity contribution >= 4 is 11.2 Å². The van der Waals surface area contributed by atoms with E-state index < -0.39 is 127 Å². The molecule has 0 aliphatic heterocycles. The quantitative estimate of drug-likeness (QED) is 0.814. The van der Waals surface area contributed by atoms with Crippen LogP contribution in [0, 0.1) is 17.7 Å². The highest BCUT2D eigenvalue weighted by atomic mass is 16.2. The summed E-state index contributed by atoms with van der Waals surface area (Å²) in [6.45, 7) is -12.4. The van der Waals surface area contributed by atoms with Crippen LogP contribution in [-0.2, 0) is 18.4 Å². The topological polar surface area (TPSA) is 72.7 Å². The first-order valence-electron chi connectivity index (χ1n) is 20.5. The lowest BCUT2D eigenvalue weighted by molar-refractivity contribution is 0.0863. The molecular weight excluding hydrogens is 352 g/mol. The highest BCUT2D eigenvalue weighted by molar-refractivity contribution is 5.70. The van der Waals surface area contributed by atoms with Gasteiger partial charge in [0.05, 0.1) is 2.74 Å². The zero-order valence-corrected chi connectivity index (χ0v) is 14.9. The number of aromatic nitrogens is 4. The van der Waals surface area contributed by atoms with Gasteiger partial charge in [-0.05, 0) is 62.3 Å². The highest BCUT2D eigenvalue weighted by Crippen LogP contribution is 2.50. The first kappa shape index (κ1) is 5.86. The summed E-state index contributed by atoms with van der Waals surface area (Å²) in [5.41, 5.74) is -9.97. The van der Waals surface area contributed by atoms with Crippen LogP contribution in [0.4, 0.5) is 0 Å². The second kappa shape index (κ2) is 7.20. The minimum atomic E-state index is -4.30. The molecule has 0 amide bonds. The molecule has 0 spiro atoms. The van der Waals surface area contributed by atoms with Crippen molar-refractivity contribution in [2.45, 2.75) is 90.6 Å². The van der Waals surface area contributed by atoms with Gasteiger partial charge in [0.2, 0.25) is 0 Å². The largest absolute Gasteiger partial charge is 0.336 e. The third-order valence-electron chi connectivity index (χ3n) is 4.17. The molecule has 2 bridgehead atoms. The van der Waals surface area contributed by atoms with Crippen LogP contribution in [0.1, 0.15) is 111 Å². The summed E-state index contributed by atoms with van der Waals surface area (Å²) in [7, 11) is 0. The van der Waals surface area contributed by atoms with Crippen molar-refractivity contribution < 1.29 is 32.9 Å². The number of H-pyrrole nitrogens is 1. The molecule has 6 nitrogen and oxygen atoms in total. The van der Waals surface area contributed by atoms with Crippen molar-refractivity contribution in [3.8, 4) is 0 Å². The first-order valence-corrected chi connectivity index (χ1v) is 8.30. The van der Waals surface area contributed by atoms with Crippen LogP contribution in [0.25, 0.3) is 11.2 Å². The van der Waals surface area contributed by atoms with E-state index in [0.29, 0.717) is 6.92 Å². The molecule has 2 aliphatic carbocycles. The lowest BCUT2D eigenvalue weighted by Crippen LogP contribution is -2.40. The Morgan fingerprint density at radius 1 is 1.29 bits per heavy atom. The van der Waals surface area contributed by atoms with Crippen LogP contribution >= 0.6 is 0 Å². The smallest absolute Gasteiger partial charge is 0.332 e. The fourth-order valence-electron chi connectivity index (χ4n) is 3.02. The number of nitrogens with one attached hydrogen (secondary N) is 1. The van der Waals surface area contributed by atoms with Crippen molar-refractivity contribution in [1.29, 1.82) is 0 Å². The van der Waals surface area contributed by atoms with Crippen molar-refractivity contribution in [3.05, 3.63) is 26.7 Å². The van der Waals surface area contributed by atoms with Crippen LogP contribution in [0.5, 0.6) is 0 Å². The van der Waals surface area contributed by atoms with Gasteiger partial charge in [0.25, 0.3) is 5.56 Å². The van der Waals surface area contributed by atoms with Gasteiger partial charge in [0, 0.05) is 48.6 Å². The summed E-state index contributed by atoms with van der Waals surface area (Å²) >= 11 is 0. The molecule has 2 heterocycles. The average Bonchev–Trinajstić information content (AvgIpc) is 3.41. The maximum atomic E-state index is 13.9. The molecule has 2 unspecified atom stereocenters. The van der Waals surface area contributed by atoms with Crippen LogP contribution < -0.4 is 11.2 Å². The SMILES string of the molecule is [2H]C([2H])C1([2H])C([2H])([2H])C2([2H])C([2H])([2H])C(C)(c3nc4c([nH]3)c(=O)n(C([2H])([2H])C([2H])([2H])C([2H])([2H])[2H])c(=O)n4C([2H])([2H])CC)C([2H])([2H])C([2H])(C1([2H])[2H])C2([2H])[2H]. The number of imidazole rings is 1. The summed E-state index contributed by atoms with van der Waals surface area (Å²) in [5.74, 6) is -14.0. The van der Waals surface area contributed by atoms with E-state index in [1.165, 1.54) is 0 Å². The van der Waals surface area contributed by atoms with E-state index in [2.05, 4.69) is 9.97 Å². The van der Waals surface area contributed by atoms with Crippen LogP contribution in [0.15, 0.2) is 9.59 Å². The first-order chi connectivity index (χ1) is 22.7. The second-order valence-corrected chi connectivity index (χ2v) is 6.20. The fourth-order valence-corrected chi connectivity index (χ4v) is 3.02. The predicted molar refractivity (Wildman–Crippen MR) is 112 cm³/mol. The van der Waals surface area contributed by atoms with E-state index in [0.717, 1.165) is 6.92 Å². The third kappa shape index (κ3) is 3.15. The maximum Gasteiger partial charge on any atom is 0.332 e. The van der Waals surface area contributed by atoms with E-state index in [1.54, 1.807) is 0 Å². The molecule has 2 saturated carbocycles. The van der Waals surface area contributed by atoms with Gasteiger partial charge in [0.1, 0.15) is 11.3 Å². The molecule has 0 aromatic carbocycles. The molecular formula is C22H34N4O2. The molecule has 0 saturated heterocycles. The molecule has 2 fully saturated rings. The maximum absolute atomic E-state index is 13.9. The Hall–Kier alpha value is -1.85. The van der Waals surface area contributed by atoms with Gasteiger partial charge in [-0.25, -0.2) is 9.78 Å². The fraction of sp³-hybridized carbons (Fsp3) is 0.773. The lowest BCUT2D eigenvalue weighted by Gasteiger charge is -2.46. The molecule has 2 atom stereocenters. The summed E-state index contributed by atoms with van der Waals surface area (Å²) in [6.07, 6.45) is -25.9. The molecule has 6 heteroatoms. The number of nitrogens with zero attached hydrogens (tertiary/aromatic N) is 3. The zero-order chi connectivity index (χ0) is 41.2. The van der Waals surface area contributed by atoms with E-state index in [4.69, 9.17) is 30.2 Å². The molecule has 2 aromatic rings. The predicted octanol–water partition coefficient (Wildman–Crippen LogP) is 3.81. The molecule has 28 heavy (non-hydrogen) atoms. The normalized spacial score (nSPS) is 61.7. The van der Waals surface area contributed by atoms with Gasteiger partial charge in [-0.15, -0.1) is 0 Å². The zero-order valence-electron chi connectivity index (χ0n) is 38.9. The van der Waals surface area contributed by atoms with Crippen LogP contribution in [0.2, 0.25) is 0 Å². The summed E-state index contributed by atoms with van der Waals surface area (Å²) in [6, 6.07) is 0. The Balaban J connectivity index is 2.32. The second-order valence-electron chi connectivity index (χ2n) is 6.20. The minimum absolute atomic E-state index is 0.0559. The van der Waals surface area contributed by atoms with Crippen molar-refractivity contribution in [2.24, 2.45) is 17.7 Å². The van der Waals surface area contributed by atoms with Gasteiger partial charge < -0.3 is 4.98 Å². The third-order valence-corrected chi connectivity index (χ3v) is 4.17. The van der Waals surface area contributed by atoms with Crippen molar-refractivity contribution in [2.75, 3.05) is 0 Å². The minimum Gasteiger partial charge on any atom is -0.336 e. The number of rotatable bonds is 5. The Morgan fingerprint density at radius 2 is 2.04 bits per heavy atom. The number of fused-ring (bicyclic) bond motifs is 3. The standard InChI is InChI=1S/C22H34N4O2/c1-5-7-25-18-17(19(27)26(8-6-2)21(25)28)23-20(24-18)22(4)12-15-9-14(3)10-16(11-15)13-22/h14-16H,5-13H2,1-4H3,(H,23,24)/i2D3,3D2,6D2,7D2,8D2,9D2,10D2,11D2,12D2,13D2,14D,15D,16D. The molecule has 1 N–H and O–H groups in total. The monoisotopic (exact) mass is 410 g/mol. The van der Waals surface area contributed by atoms with Gasteiger partial charge >= 0.3 is 5.69 Å². The van der Waals surface area contributed by atoms with E-state index >= 15 is 0 Å². The van der Waals surface area contributed by atoms with Crippen LogP contribution in [0.3, 0.4) is 0 Å². The summed E-state index contributed by atoms with van der Waals surface area (Å²) < 4.78 is 203.